The first kappa shape index (κ1) is 14.0. The van der Waals surface area contributed by atoms with Gasteiger partial charge in [0.25, 0.3) is 0 Å². The minimum absolute atomic E-state index is 0.327. The van der Waals surface area contributed by atoms with Crippen LogP contribution in [-0.4, -0.2) is 13.7 Å². The second-order valence-corrected chi connectivity index (χ2v) is 5.73. The largest absolute Gasteiger partial charge is 0.496 e. The van der Waals surface area contributed by atoms with Gasteiger partial charge in [-0.15, -0.1) is 0 Å². The Kier molecular flexibility index (Phi) is 5.01. The van der Waals surface area contributed by atoms with Crippen LogP contribution in [0.25, 0.3) is 0 Å². The molecule has 2 nitrogen and oxygen atoms in total. The Balaban J connectivity index is 2.55. The van der Waals surface area contributed by atoms with E-state index < -0.39 is 0 Å². The van der Waals surface area contributed by atoms with Crippen molar-refractivity contribution < 1.29 is 4.74 Å². The zero-order chi connectivity index (χ0) is 12.9. The maximum Gasteiger partial charge on any atom is 0.123 e. The third kappa shape index (κ3) is 4.78. The molecular weight excluding hydrogens is 210 g/mol. The fourth-order valence-corrected chi connectivity index (χ4v) is 1.80. The Morgan fingerprint density at radius 1 is 1.24 bits per heavy atom. The van der Waals surface area contributed by atoms with E-state index in [0.717, 1.165) is 12.3 Å². The Labute approximate surface area is 105 Å². The van der Waals surface area contributed by atoms with Gasteiger partial charge in [0.05, 0.1) is 7.11 Å². The highest BCUT2D eigenvalue weighted by Crippen LogP contribution is 2.25. The summed E-state index contributed by atoms with van der Waals surface area (Å²) in [7, 11) is 1.72. The summed E-state index contributed by atoms with van der Waals surface area (Å²) in [5.41, 5.74) is 1.61. The van der Waals surface area contributed by atoms with Gasteiger partial charge >= 0.3 is 0 Å². The molecule has 0 fully saturated rings. The number of rotatable bonds is 5. The second kappa shape index (κ2) is 6.06. The van der Waals surface area contributed by atoms with Crippen LogP contribution in [0.4, 0.5) is 0 Å². The molecule has 1 rings (SSSR count). The quantitative estimate of drug-likeness (QED) is 0.838. The molecule has 0 spiro atoms. The molecule has 0 aliphatic carbocycles. The van der Waals surface area contributed by atoms with Gasteiger partial charge in [-0.2, -0.15) is 0 Å². The highest BCUT2D eigenvalue weighted by Gasteiger charge is 2.13. The highest BCUT2D eigenvalue weighted by atomic mass is 16.5. The molecule has 0 bridgehead atoms. The molecule has 0 saturated carbocycles. The monoisotopic (exact) mass is 235 g/mol. The fourth-order valence-electron chi connectivity index (χ4n) is 1.80. The topological polar surface area (TPSA) is 21.3 Å². The lowest BCUT2D eigenvalue weighted by atomic mass is 9.92. The number of benzene rings is 1. The average molecular weight is 235 g/mol. The second-order valence-electron chi connectivity index (χ2n) is 5.73. The minimum atomic E-state index is 0.327. The molecule has 1 aromatic carbocycles. The minimum Gasteiger partial charge on any atom is -0.496 e. The lowest BCUT2D eigenvalue weighted by molar-refractivity contribution is 0.354. The molecule has 0 aliphatic heterocycles. The molecule has 1 aromatic rings. The van der Waals surface area contributed by atoms with Gasteiger partial charge in [-0.05, 0) is 31.4 Å². The zero-order valence-corrected chi connectivity index (χ0v) is 11.7. The summed E-state index contributed by atoms with van der Waals surface area (Å²) in [5.74, 6) is 0.961. The third-order valence-electron chi connectivity index (χ3n) is 2.93. The lowest BCUT2D eigenvalue weighted by Gasteiger charge is -2.21. The normalized spacial score (nSPS) is 13.5. The Hall–Kier alpha value is -1.02. The van der Waals surface area contributed by atoms with Crippen LogP contribution in [0.3, 0.4) is 0 Å². The van der Waals surface area contributed by atoms with Crippen LogP contribution in [0.15, 0.2) is 24.3 Å². The van der Waals surface area contributed by atoms with Crippen molar-refractivity contribution in [2.75, 3.05) is 13.7 Å². The molecule has 2 heteroatoms. The maximum atomic E-state index is 5.37. The predicted octanol–water partition coefficient (Wildman–Crippen LogP) is 3.78. The molecule has 96 valence electrons. The van der Waals surface area contributed by atoms with E-state index in [9.17, 15) is 0 Å². The number of nitrogens with one attached hydrogen (secondary N) is 1. The molecule has 0 heterocycles. The van der Waals surface area contributed by atoms with E-state index in [1.54, 1.807) is 7.11 Å². The van der Waals surface area contributed by atoms with E-state index in [4.69, 9.17) is 4.74 Å². The average Bonchev–Trinajstić information content (AvgIpc) is 2.27. The van der Waals surface area contributed by atoms with Crippen molar-refractivity contribution in [3.05, 3.63) is 29.8 Å². The first-order valence-electron chi connectivity index (χ1n) is 6.30. The standard InChI is InChI=1S/C15H25NO/c1-12(16-11-10-15(2,3)4)13-8-6-7-9-14(13)17-5/h6-9,12,16H,10-11H2,1-5H3. The molecular formula is C15H25NO. The maximum absolute atomic E-state index is 5.37. The summed E-state index contributed by atoms with van der Waals surface area (Å²) in [6, 6.07) is 8.52. The molecule has 17 heavy (non-hydrogen) atoms. The van der Waals surface area contributed by atoms with E-state index in [-0.39, 0.29) is 0 Å². The van der Waals surface area contributed by atoms with Crippen molar-refractivity contribution in [3.8, 4) is 5.75 Å². The smallest absolute Gasteiger partial charge is 0.123 e. The van der Waals surface area contributed by atoms with Crippen LogP contribution in [0.2, 0.25) is 0 Å². The van der Waals surface area contributed by atoms with Crippen molar-refractivity contribution in [1.29, 1.82) is 0 Å². The van der Waals surface area contributed by atoms with Gasteiger partial charge in [0.1, 0.15) is 5.75 Å². The number of methoxy groups -OCH3 is 1. The van der Waals surface area contributed by atoms with Crippen molar-refractivity contribution in [1.82, 2.24) is 5.32 Å². The SMILES string of the molecule is COc1ccccc1C(C)NCCC(C)(C)C. The predicted molar refractivity (Wildman–Crippen MR) is 73.5 cm³/mol. The summed E-state index contributed by atoms with van der Waals surface area (Å²) in [4.78, 5) is 0. The van der Waals surface area contributed by atoms with Gasteiger partial charge in [-0.1, -0.05) is 39.0 Å². The third-order valence-corrected chi connectivity index (χ3v) is 2.93. The van der Waals surface area contributed by atoms with Crippen LogP contribution >= 0.6 is 0 Å². The molecule has 0 aromatic heterocycles. The summed E-state index contributed by atoms with van der Waals surface area (Å²) in [6.07, 6.45) is 1.17. The molecule has 1 atom stereocenters. The molecule has 0 saturated heterocycles. The van der Waals surface area contributed by atoms with Crippen LogP contribution in [-0.2, 0) is 0 Å². The molecule has 1 unspecified atom stereocenters. The molecule has 1 N–H and O–H groups in total. The number of hydrogen-bond donors (Lipinski definition) is 1. The summed E-state index contributed by atoms with van der Waals surface area (Å²) in [5, 5.41) is 3.55. The van der Waals surface area contributed by atoms with Gasteiger partial charge in [-0.3, -0.25) is 0 Å². The molecule has 0 amide bonds. The zero-order valence-electron chi connectivity index (χ0n) is 11.7. The van der Waals surface area contributed by atoms with E-state index in [1.165, 1.54) is 12.0 Å². The first-order chi connectivity index (χ1) is 7.94. The fraction of sp³-hybridized carbons (Fsp3) is 0.600. The summed E-state index contributed by atoms with van der Waals surface area (Å²) < 4.78 is 5.37. The number of ether oxygens (including phenoxy) is 1. The van der Waals surface area contributed by atoms with Crippen LogP contribution in [0.5, 0.6) is 5.75 Å². The van der Waals surface area contributed by atoms with Gasteiger partial charge < -0.3 is 10.1 Å². The molecule has 0 aliphatic rings. The summed E-state index contributed by atoms with van der Waals surface area (Å²) >= 11 is 0. The van der Waals surface area contributed by atoms with E-state index in [0.29, 0.717) is 11.5 Å². The summed E-state index contributed by atoms with van der Waals surface area (Å²) in [6.45, 7) is 10.0. The van der Waals surface area contributed by atoms with Crippen molar-refractivity contribution in [2.45, 2.75) is 40.2 Å². The van der Waals surface area contributed by atoms with Crippen LogP contribution in [0.1, 0.15) is 45.7 Å². The van der Waals surface area contributed by atoms with Crippen molar-refractivity contribution in [2.24, 2.45) is 5.41 Å². The van der Waals surface area contributed by atoms with Gasteiger partial charge in [0, 0.05) is 11.6 Å². The Morgan fingerprint density at radius 3 is 2.47 bits per heavy atom. The first-order valence-corrected chi connectivity index (χ1v) is 6.30. The van der Waals surface area contributed by atoms with Gasteiger partial charge in [0.15, 0.2) is 0 Å². The Bertz CT molecular complexity index is 341. The lowest BCUT2D eigenvalue weighted by Crippen LogP contribution is -2.23. The molecule has 0 radical (unpaired) electrons. The van der Waals surface area contributed by atoms with Crippen molar-refractivity contribution in [3.63, 3.8) is 0 Å². The van der Waals surface area contributed by atoms with E-state index in [2.05, 4.69) is 45.1 Å². The number of hydrogen-bond acceptors (Lipinski definition) is 2. The van der Waals surface area contributed by atoms with Gasteiger partial charge in [0.2, 0.25) is 0 Å². The van der Waals surface area contributed by atoms with Gasteiger partial charge in [-0.25, -0.2) is 0 Å². The van der Waals surface area contributed by atoms with Crippen molar-refractivity contribution >= 4 is 0 Å². The highest BCUT2D eigenvalue weighted by molar-refractivity contribution is 5.35. The van der Waals surface area contributed by atoms with Crippen LogP contribution in [0, 0.1) is 5.41 Å². The van der Waals surface area contributed by atoms with E-state index in [1.807, 2.05) is 12.1 Å². The van der Waals surface area contributed by atoms with E-state index >= 15 is 0 Å². The number of para-hydroxylation sites is 1. The Morgan fingerprint density at radius 2 is 1.88 bits per heavy atom. The van der Waals surface area contributed by atoms with Crippen LogP contribution < -0.4 is 10.1 Å².